The Labute approximate surface area is 210 Å². The lowest BCUT2D eigenvalue weighted by Crippen LogP contribution is -2.11. The molecule has 0 aliphatic carbocycles. The number of aromatic nitrogens is 4. The largest absolute Gasteiger partial charge is 0.476 e. The monoisotopic (exact) mass is 517 g/mol. The van der Waals surface area contributed by atoms with Gasteiger partial charge in [0.2, 0.25) is 15.2 Å². The third kappa shape index (κ3) is 4.93. The number of rotatable bonds is 7. The molecule has 9 nitrogen and oxygen atoms in total. The van der Waals surface area contributed by atoms with E-state index in [1.54, 1.807) is 29.2 Å². The molecule has 180 valence electrons. The van der Waals surface area contributed by atoms with Gasteiger partial charge in [0.05, 0.1) is 10.6 Å². The zero-order valence-corrected chi connectivity index (χ0v) is 20.3. The van der Waals surface area contributed by atoms with Crippen LogP contribution in [0.4, 0.5) is 0 Å². The fourth-order valence-corrected chi connectivity index (χ4v) is 4.98. The maximum atomic E-state index is 11.6. The van der Waals surface area contributed by atoms with Gasteiger partial charge in [-0.25, -0.2) is 28.0 Å². The van der Waals surface area contributed by atoms with Crippen LogP contribution in [-0.2, 0) is 16.4 Å². The van der Waals surface area contributed by atoms with Crippen LogP contribution in [0, 0.1) is 0 Å². The summed E-state index contributed by atoms with van der Waals surface area (Å²) in [5.74, 6) is -1.11. The Hall–Kier alpha value is -4.19. The van der Waals surface area contributed by atoms with Gasteiger partial charge in [0, 0.05) is 47.1 Å². The van der Waals surface area contributed by atoms with Crippen molar-refractivity contribution in [2.24, 2.45) is 5.14 Å². The van der Waals surface area contributed by atoms with Crippen molar-refractivity contribution < 1.29 is 18.3 Å². The lowest BCUT2D eigenvalue weighted by molar-refractivity contribution is 0.0691. The predicted molar refractivity (Wildman–Crippen MR) is 135 cm³/mol. The van der Waals surface area contributed by atoms with Crippen LogP contribution in [0.15, 0.2) is 89.5 Å². The number of carbonyl (C=O) groups is 1. The van der Waals surface area contributed by atoms with Crippen LogP contribution in [0.25, 0.3) is 27.5 Å². The van der Waals surface area contributed by atoms with E-state index in [0.717, 1.165) is 27.8 Å². The van der Waals surface area contributed by atoms with E-state index in [1.165, 1.54) is 28.8 Å². The fraction of sp³-hybridized carbons (Fsp3) is 0.0400. The van der Waals surface area contributed by atoms with Crippen LogP contribution in [0.3, 0.4) is 0 Å². The van der Waals surface area contributed by atoms with E-state index >= 15 is 0 Å². The van der Waals surface area contributed by atoms with E-state index < -0.39 is 16.0 Å². The molecule has 36 heavy (non-hydrogen) atoms. The smallest absolute Gasteiger partial charge is 0.355 e. The highest BCUT2D eigenvalue weighted by Gasteiger charge is 2.17. The Morgan fingerprint density at radius 1 is 1.03 bits per heavy atom. The average Bonchev–Trinajstić information content (AvgIpc) is 3.52. The van der Waals surface area contributed by atoms with Crippen molar-refractivity contribution in [1.82, 2.24) is 19.7 Å². The molecule has 5 rings (SSSR count). The molecule has 0 aliphatic rings. The first-order valence-electron chi connectivity index (χ1n) is 10.7. The number of sulfonamides is 1. The Balaban J connectivity index is 1.58. The molecule has 0 saturated heterocycles. The Bertz CT molecular complexity index is 1660. The number of pyridine rings is 1. The van der Waals surface area contributed by atoms with Gasteiger partial charge in [-0.05, 0) is 35.4 Å². The van der Waals surface area contributed by atoms with Crippen molar-refractivity contribution in [3.63, 3.8) is 0 Å². The van der Waals surface area contributed by atoms with Crippen molar-refractivity contribution in [3.8, 4) is 27.5 Å². The molecule has 0 fully saturated rings. The van der Waals surface area contributed by atoms with Crippen LogP contribution >= 0.6 is 11.3 Å². The van der Waals surface area contributed by atoms with Crippen LogP contribution in [-0.4, -0.2) is 39.2 Å². The van der Waals surface area contributed by atoms with Gasteiger partial charge in [0.25, 0.3) is 0 Å². The minimum Gasteiger partial charge on any atom is -0.476 e. The normalized spacial score (nSPS) is 11.5. The standard InChI is InChI=1S/C25H19N5O4S2/c26-36(33,34)21-8-6-16(7-9-21)11-20-14-30(25-28-22(15-35-25)24(31)32)29-23(20)18-4-1-3-17(12-18)19-5-2-10-27-13-19/h1-10,12-15H,11H2,(H,31,32)(H2,26,33,34). The third-order valence-electron chi connectivity index (χ3n) is 5.47. The number of thiazole rings is 1. The Kier molecular flexibility index (Phi) is 6.18. The number of carboxylic acid groups (broad SMARTS) is 1. The van der Waals surface area contributed by atoms with Crippen LogP contribution < -0.4 is 5.14 Å². The van der Waals surface area contributed by atoms with Gasteiger partial charge in [-0.15, -0.1) is 11.3 Å². The van der Waals surface area contributed by atoms with Gasteiger partial charge in [-0.3, -0.25) is 4.98 Å². The number of nitrogens with zero attached hydrogens (tertiary/aromatic N) is 4. The summed E-state index contributed by atoms with van der Waals surface area (Å²) in [4.78, 5) is 19.7. The second kappa shape index (κ2) is 9.46. The number of nitrogens with two attached hydrogens (primary N) is 1. The van der Waals surface area contributed by atoms with Crippen molar-refractivity contribution in [1.29, 1.82) is 0 Å². The van der Waals surface area contributed by atoms with E-state index in [9.17, 15) is 18.3 Å². The summed E-state index contributed by atoms with van der Waals surface area (Å²) in [6, 6.07) is 18.1. The molecule has 3 heterocycles. The van der Waals surface area contributed by atoms with Crippen LogP contribution in [0.2, 0.25) is 0 Å². The number of aromatic carboxylic acids is 1. The molecule has 0 aliphatic heterocycles. The highest BCUT2D eigenvalue weighted by molar-refractivity contribution is 7.89. The van der Waals surface area contributed by atoms with Crippen molar-refractivity contribution in [2.45, 2.75) is 11.3 Å². The minimum atomic E-state index is -3.79. The van der Waals surface area contributed by atoms with E-state index in [-0.39, 0.29) is 10.6 Å². The molecule has 3 N–H and O–H groups in total. The van der Waals surface area contributed by atoms with Crippen molar-refractivity contribution in [3.05, 3.63) is 101 Å². The minimum absolute atomic E-state index is 0.0373. The van der Waals surface area contributed by atoms with Crippen molar-refractivity contribution in [2.75, 3.05) is 0 Å². The molecule has 0 atom stereocenters. The molecule has 2 aromatic carbocycles. The summed E-state index contributed by atoms with van der Waals surface area (Å²) in [5, 5.41) is 21.1. The summed E-state index contributed by atoms with van der Waals surface area (Å²) in [7, 11) is -3.79. The molecule has 11 heteroatoms. The molecular formula is C25H19N5O4S2. The van der Waals surface area contributed by atoms with Gasteiger partial charge in [0.15, 0.2) is 5.69 Å². The highest BCUT2D eigenvalue weighted by Crippen LogP contribution is 2.30. The molecule has 0 spiro atoms. The van der Waals surface area contributed by atoms with E-state index in [0.29, 0.717) is 17.2 Å². The molecule has 0 amide bonds. The van der Waals surface area contributed by atoms with Gasteiger partial charge in [-0.1, -0.05) is 36.4 Å². The average molecular weight is 518 g/mol. The maximum absolute atomic E-state index is 11.6. The Morgan fingerprint density at radius 3 is 2.44 bits per heavy atom. The number of benzene rings is 2. The zero-order valence-electron chi connectivity index (χ0n) is 18.6. The molecular weight excluding hydrogens is 498 g/mol. The molecule has 5 aromatic rings. The summed E-state index contributed by atoms with van der Waals surface area (Å²) < 4.78 is 24.8. The van der Waals surface area contributed by atoms with Crippen molar-refractivity contribution >= 4 is 27.3 Å². The summed E-state index contributed by atoms with van der Waals surface area (Å²) in [6.45, 7) is 0. The van der Waals surface area contributed by atoms with Gasteiger partial charge in [-0.2, -0.15) is 5.10 Å². The van der Waals surface area contributed by atoms with E-state index in [1.807, 2.05) is 42.6 Å². The number of carboxylic acids is 1. The SMILES string of the molecule is NS(=O)(=O)c1ccc(Cc2cn(-c3nc(C(=O)O)cs3)nc2-c2cccc(-c3cccnc3)c2)cc1. The molecule has 0 radical (unpaired) electrons. The van der Waals surface area contributed by atoms with Crippen LogP contribution in [0.5, 0.6) is 0 Å². The van der Waals surface area contributed by atoms with Gasteiger partial charge in [0.1, 0.15) is 0 Å². The quantitative estimate of drug-likeness (QED) is 0.332. The van der Waals surface area contributed by atoms with E-state index in [4.69, 9.17) is 10.2 Å². The number of primary sulfonamides is 1. The summed E-state index contributed by atoms with van der Waals surface area (Å²) in [5.41, 5.74) is 5.16. The summed E-state index contributed by atoms with van der Waals surface area (Å²) in [6.07, 6.45) is 5.76. The van der Waals surface area contributed by atoms with Gasteiger partial charge < -0.3 is 5.11 Å². The number of hydrogen-bond acceptors (Lipinski definition) is 7. The molecule has 3 aromatic heterocycles. The first kappa shape index (κ1) is 23.5. The third-order valence-corrected chi connectivity index (χ3v) is 7.23. The van der Waals surface area contributed by atoms with Gasteiger partial charge >= 0.3 is 5.97 Å². The maximum Gasteiger partial charge on any atom is 0.355 e. The van der Waals surface area contributed by atoms with Crippen LogP contribution in [0.1, 0.15) is 21.6 Å². The topological polar surface area (TPSA) is 141 Å². The van der Waals surface area contributed by atoms with E-state index in [2.05, 4.69) is 9.97 Å². The second-order valence-electron chi connectivity index (χ2n) is 7.96. The Morgan fingerprint density at radius 2 is 1.78 bits per heavy atom. The molecule has 0 unspecified atom stereocenters. The summed E-state index contributed by atoms with van der Waals surface area (Å²) >= 11 is 1.18. The number of hydrogen-bond donors (Lipinski definition) is 2. The molecule has 0 bridgehead atoms. The first-order valence-corrected chi connectivity index (χ1v) is 13.1. The zero-order chi connectivity index (χ0) is 25.3. The second-order valence-corrected chi connectivity index (χ2v) is 10.4. The first-order chi connectivity index (χ1) is 17.3. The fourth-order valence-electron chi connectivity index (χ4n) is 3.74. The molecule has 0 saturated carbocycles. The lowest BCUT2D eigenvalue weighted by Gasteiger charge is -2.07. The predicted octanol–water partition coefficient (Wildman–Crippen LogP) is 3.99. The highest BCUT2D eigenvalue weighted by atomic mass is 32.2. The lowest BCUT2D eigenvalue weighted by atomic mass is 9.99.